The lowest BCUT2D eigenvalue weighted by molar-refractivity contribution is 0.305. The third-order valence-corrected chi connectivity index (χ3v) is 8.29. The SMILES string of the molecule is COc1ccc2c(c1)CC(S(=O)(=O)c1ccc(OCc3ccc(Cl)cc3)cc1)N(C)CC2. The first-order valence-corrected chi connectivity index (χ1v) is 12.4. The number of halogens is 1. The van der Waals surface area contributed by atoms with Crippen molar-refractivity contribution >= 4 is 21.4 Å². The smallest absolute Gasteiger partial charge is 0.194 e. The minimum atomic E-state index is -3.57. The Kier molecular flexibility index (Phi) is 6.74. The van der Waals surface area contributed by atoms with Gasteiger partial charge in [0.1, 0.15) is 23.5 Å². The van der Waals surface area contributed by atoms with E-state index >= 15 is 0 Å². The summed E-state index contributed by atoms with van der Waals surface area (Å²) in [5, 5.41) is 0.0320. The molecule has 1 unspecified atom stereocenters. The first-order valence-electron chi connectivity index (χ1n) is 10.4. The van der Waals surface area contributed by atoms with Crippen molar-refractivity contribution in [2.45, 2.75) is 29.7 Å². The van der Waals surface area contributed by atoms with Crippen LogP contribution >= 0.6 is 11.6 Å². The van der Waals surface area contributed by atoms with Gasteiger partial charge in [0.25, 0.3) is 0 Å². The Balaban J connectivity index is 1.52. The zero-order valence-corrected chi connectivity index (χ0v) is 19.7. The Bertz CT molecular complexity index is 1180. The van der Waals surface area contributed by atoms with Crippen molar-refractivity contribution in [1.29, 1.82) is 0 Å². The van der Waals surface area contributed by atoms with Crippen LogP contribution in [0.5, 0.6) is 11.5 Å². The van der Waals surface area contributed by atoms with E-state index in [1.54, 1.807) is 31.4 Å². The molecule has 0 saturated heterocycles. The monoisotopic (exact) mass is 471 g/mol. The minimum absolute atomic E-state index is 0.291. The molecule has 0 bridgehead atoms. The van der Waals surface area contributed by atoms with Gasteiger partial charge >= 0.3 is 0 Å². The van der Waals surface area contributed by atoms with Crippen LogP contribution in [0.15, 0.2) is 71.6 Å². The molecule has 1 heterocycles. The van der Waals surface area contributed by atoms with Gasteiger partial charge in [-0.25, -0.2) is 8.42 Å². The van der Waals surface area contributed by atoms with Gasteiger partial charge in [-0.3, -0.25) is 4.90 Å². The molecule has 0 amide bonds. The molecule has 7 heteroatoms. The highest BCUT2D eigenvalue weighted by Gasteiger charge is 2.33. The molecule has 0 aromatic heterocycles. The molecule has 0 aliphatic carbocycles. The van der Waals surface area contributed by atoms with Crippen molar-refractivity contribution in [1.82, 2.24) is 4.90 Å². The molecule has 1 aliphatic rings. The maximum absolute atomic E-state index is 13.5. The van der Waals surface area contributed by atoms with E-state index in [2.05, 4.69) is 0 Å². The summed E-state index contributed by atoms with van der Waals surface area (Å²) in [7, 11) is -0.0802. The van der Waals surface area contributed by atoms with E-state index in [9.17, 15) is 8.42 Å². The van der Waals surface area contributed by atoms with Crippen LogP contribution in [0.2, 0.25) is 5.02 Å². The Morgan fingerprint density at radius 3 is 2.34 bits per heavy atom. The quantitative estimate of drug-likeness (QED) is 0.519. The predicted molar refractivity (Wildman–Crippen MR) is 126 cm³/mol. The van der Waals surface area contributed by atoms with Crippen LogP contribution in [-0.2, 0) is 29.3 Å². The zero-order valence-electron chi connectivity index (χ0n) is 18.1. The second kappa shape index (κ2) is 9.53. The highest BCUT2D eigenvalue weighted by molar-refractivity contribution is 7.92. The number of benzene rings is 3. The topological polar surface area (TPSA) is 55.8 Å². The number of hydrogen-bond donors (Lipinski definition) is 0. The third-order valence-electron chi connectivity index (χ3n) is 5.86. The average molecular weight is 472 g/mol. The largest absolute Gasteiger partial charge is 0.497 e. The van der Waals surface area contributed by atoms with Crippen LogP contribution in [0, 0.1) is 0 Å². The van der Waals surface area contributed by atoms with E-state index in [1.807, 2.05) is 54.4 Å². The number of ether oxygens (including phenoxy) is 2. The van der Waals surface area contributed by atoms with Gasteiger partial charge in [0.05, 0.1) is 12.0 Å². The van der Waals surface area contributed by atoms with E-state index in [0.717, 1.165) is 23.3 Å². The van der Waals surface area contributed by atoms with Crippen LogP contribution in [0.25, 0.3) is 0 Å². The lowest BCUT2D eigenvalue weighted by Gasteiger charge is -2.25. The molecule has 32 heavy (non-hydrogen) atoms. The van der Waals surface area contributed by atoms with Gasteiger partial charge < -0.3 is 9.47 Å². The normalized spacial score (nSPS) is 16.8. The standard InChI is InChI=1S/C25H26ClNO4S/c1-27-14-13-19-5-8-23(30-2)15-20(19)16-25(27)32(28,29)24-11-9-22(10-12-24)31-17-18-3-6-21(26)7-4-18/h3-12,15,25H,13-14,16-17H2,1-2H3. The van der Waals surface area contributed by atoms with Gasteiger partial charge in [0, 0.05) is 18.0 Å². The Morgan fingerprint density at radius 1 is 0.969 bits per heavy atom. The van der Waals surface area contributed by atoms with Gasteiger partial charge in [-0.05, 0) is 78.7 Å². The molecule has 0 radical (unpaired) electrons. The summed E-state index contributed by atoms with van der Waals surface area (Å²) in [5.74, 6) is 1.36. The molecule has 4 rings (SSSR count). The number of sulfone groups is 1. The number of nitrogens with zero attached hydrogens (tertiary/aromatic N) is 1. The maximum atomic E-state index is 13.5. The van der Waals surface area contributed by atoms with Crippen LogP contribution in [-0.4, -0.2) is 39.4 Å². The predicted octanol–water partition coefficient (Wildman–Crippen LogP) is 4.76. The summed E-state index contributed by atoms with van der Waals surface area (Å²) >= 11 is 5.91. The molecular formula is C25H26ClNO4S. The zero-order chi connectivity index (χ0) is 22.7. The van der Waals surface area contributed by atoms with Gasteiger partial charge in [-0.2, -0.15) is 0 Å². The molecule has 0 fully saturated rings. The first-order chi connectivity index (χ1) is 15.4. The molecule has 0 spiro atoms. The number of methoxy groups -OCH3 is 1. The summed E-state index contributed by atoms with van der Waals surface area (Å²) in [6.45, 7) is 1.05. The van der Waals surface area contributed by atoms with Crippen LogP contribution < -0.4 is 9.47 Å². The summed E-state index contributed by atoms with van der Waals surface area (Å²) in [5.41, 5.74) is 3.17. The fourth-order valence-corrected chi connectivity index (χ4v) is 5.86. The summed E-state index contributed by atoms with van der Waals surface area (Å²) in [6.07, 6.45) is 1.22. The summed E-state index contributed by atoms with van der Waals surface area (Å²) in [4.78, 5) is 2.21. The highest BCUT2D eigenvalue weighted by Crippen LogP contribution is 2.29. The number of fused-ring (bicyclic) bond motifs is 1. The molecule has 3 aromatic rings. The molecule has 1 aliphatic heterocycles. The van der Waals surface area contributed by atoms with Crippen molar-refractivity contribution in [3.63, 3.8) is 0 Å². The van der Waals surface area contributed by atoms with Crippen LogP contribution in [0.3, 0.4) is 0 Å². The van der Waals surface area contributed by atoms with E-state index in [-0.39, 0.29) is 0 Å². The number of likely N-dealkylation sites (N-methyl/N-ethyl adjacent to an activating group) is 1. The van der Waals surface area contributed by atoms with Crippen molar-refractivity contribution in [3.8, 4) is 11.5 Å². The van der Waals surface area contributed by atoms with Gasteiger partial charge in [0.2, 0.25) is 0 Å². The summed E-state index contributed by atoms with van der Waals surface area (Å²) < 4.78 is 38.2. The molecule has 1 atom stereocenters. The fraction of sp³-hybridized carbons (Fsp3) is 0.280. The van der Waals surface area contributed by atoms with Crippen molar-refractivity contribution in [2.24, 2.45) is 0 Å². The molecule has 3 aromatic carbocycles. The average Bonchev–Trinajstić information content (AvgIpc) is 2.97. The van der Waals surface area contributed by atoms with E-state index in [4.69, 9.17) is 21.1 Å². The molecular weight excluding hydrogens is 446 g/mol. The van der Waals surface area contributed by atoms with Crippen LogP contribution in [0.1, 0.15) is 16.7 Å². The number of hydrogen-bond acceptors (Lipinski definition) is 5. The first kappa shape index (κ1) is 22.6. The van der Waals surface area contributed by atoms with Crippen molar-refractivity contribution in [3.05, 3.63) is 88.4 Å². The lowest BCUT2D eigenvalue weighted by atomic mass is 10.0. The molecule has 168 valence electrons. The van der Waals surface area contributed by atoms with E-state index < -0.39 is 15.2 Å². The Labute approximate surface area is 194 Å². The van der Waals surface area contributed by atoms with Crippen LogP contribution in [0.4, 0.5) is 0 Å². The number of rotatable bonds is 6. The fourth-order valence-electron chi connectivity index (χ4n) is 3.92. The maximum Gasteiger partial charge on any atom is 0.194 e. The molecule has 0 saturated carbocycles. The lowest BCUT2D eigenvalue weighted by Crippen LogP contribution is -2.39. The van der Waals surface area contributed by atoms with E-state index in [0.29, 0.717) is 35.2 Å². The van der Waals surface area contributed by atoms with Gasteiger partial charge in [-0.15, -0.1) is 0 Å². The Morgan fingerprint density at radius 2 is 1.66 bits per heavy atom. The molecule has 0 N–H and O–H groups in total. The van der Waals surface area contributed by atoms with Gasteiger partial charge in [-0.1, -0.05) is 29.8 Å². The highest BCUT2D eigenvalue weighted by atomic mass is 35.5. The van der Waals surface area contributed by atoms with Gasteiger partial charge in [0.15, 0.2) is 9.84 Å². The van der Waals surface area contributed by atoms with E-state index in [1.165, 1.54) is 5.56 Å². The minimum Gasteiger partial charge on any atom is -0.497 e. The molecule has 5 nitrogen and oxygen atoms in total. The Hall–Kier alpha value is -2.54. The summed E-state index contributed by atoms with van der Waals surface area (Å²) in [6, 6.07) is 20.0. The second-order valence-electron chi connectivity index (χ2n) is 7.96. The third kappa shape index (κ3) is 4.93. The van der Waals surface area contributed by atoms with Crippen molar-refractivity contribution in [2.75, 3.05) is 20.7 Å². The van der Waals surface area contributed by atoms with Crippen molar-refractivity contribution < 1.29 is 17.9 Å². The second-order valence-corrected chi connectivity index (χ2v) is 10.5.